The van der Waals surface area contributed by atoms with Crippen LogP contribution in [-0.2, 0) is 32.3 Å². The number of sulfonamides is 1. The molecule has 0 heterocycles. The summed E-state index contributed by atoms with van der Waals surface area (Å²) in [5.74, 6) is -0.0676. The van der Waals surface area contributed by atoms with Gasteiger partial charge in [-0.25, -0.2) is 8.42 Å². The van der Waals surface area contributed by atoms with Crippen molar-refractivity contribution < 1.29 is 35.9 Å². The Hall–Kier alpha value is -3.28. The van der Waals surface area contributed by atoms with Gasteiger partial charge in [-0.3, -0.25) is 13.9 Å². The Balaban J connectivity index is 2.26. The van der Waals surface area contributed by atoms with Gasteiger partial charge in [0, 0.05) is 26.1 Å². The Morgan fingerprint density at radius 2 is 1.75 bits per heavy atom. The maximum Gasteiger partial charge on any atom is 0.416 e. The molecule has 2 aromatic carbocycles. The highest BCUT2D eigenvalue weighted by molar-refractivity contribution is 7.92. The van der Waals surface area contributed by atoms with Gasteiger partial charge in [0.05, 0.1) is 24.6 Å². The number of nitrogens with zero attached hydrogens (tertiary/aromatic N) is 2. The molecular formula is C28H38F3N3O5S. The molecule has 222 valence electrons. The smallest absolute Gasteiger partial charge is 0.416 e. The van der Waals surface area contributed by atoms with Crippen molar-refractivity contribution in [1.82, 2.24) is 10.2 Å². The highest BCUT2D eigenvalue weighted by atomic mass is 32.2. The quantitative estimate of drug-likeness (QED) is 0.298. The lowest BCUT2D eigenvalue weighted by Gasteiger charge is -2.31. The summed E-state index contributed by atoms with van der Waals surface area (Å²) in [7, 11) is -2.42. The molecule has 0 radical (unpaired) electrons. The maximum atomic E-state index is 13.5. The van der Waals surface area contributed by atoms with E-state index in [4.69, 9.17) is 4.74 Å². The predicted molar refractivity (Wildman–Crippen MR) is 148 cm³/mol. The van der Waals surface area contributed by atoms with E-state index in [2.05, 4.69) is 5.32 Å². The van der Waals surface area contributed by atoms with Gasteiger partial charge in [-0.05, 0) is 55.2 Å². The molecule has 0 spiro atoms. The summed E-state index contributed by atoms with van der Waals surface area (Å²) in [5.41, 5.74) is -0.368. The van der Waals surface area contributed by atoms with Crippen LogP contribution in [-0.4, -0.2) is 57.6 Å². The number of nitrogens with one attached hydrogen (secondary N) is 1. The van der Waals surface area contributed by atoms with Crippen LogP contribution in [0.2, 0.25) is 0 Å². The second kappa shape index (κ2) is 14.9. The van der Waals surface area contributed by atoms with Crippen molar-refractivity contribution in [3.63, 3.8) is 0 Å². The van der Waals surface area contributed by atoms with Crippen LogP contribution in [0.5, 0.6) is 5.75 Å². The Morgan fingerprint density at radius 1 is 1.05 bits per heavy atom. The van der Waals surface area contributed by atoms with Crippen molar-refractivity contribution >= 4 is 27.5 Å². The molecule has 0 aliphatic heterocycles. The zero-order chi connectivity index (χ0) is 29.9. The lowest BCUT2D eigenvalue weighted by molar-refractivity contribution is -0.141. The first-order valence-corrected chi connectivity index (χ1v) is 15.0. The fraction of sp³-hybridized carbons (Fsp3) is 0.500. The van der Waals surface area contributed by atoms with Crippen LogP contribution in [0.4, 0.5) is 18.9 Å². The van der Waals surface area contributed by atoms with Gasteiger partial charge in [0.1, 0.15) is 11.8 Å². The van der Waals surface area contributed by atoms with Gasteiger partial charge < -0.3 is 15.0 Å². The fourth-order valence-corrected chi connectivity index (χ4v) is 5.19. The van der Waals surface area contributed by atoms with E-state index in [0.29, 0.717) is 18.7 Å². The number of benzene rings is 2. The van der Waals surface area contributed by atoms with Gasteiger partial charge >= 0.3 is 6.18 Å². The molecule has 0 unspecified atom stereocenters. The molecule has 0 saturated heterocycles. The van der Waals surface area contributed by atoms with Gasteiger partial charge in [0.15, 0.2) is 0 Å². The number of amides is 2. The first-order chi connectivity index (χ1) is 18.8. The Labute approximate surface area is 234 Å². The Kier molecular flexibility index (Phi) is 12.3. The molecule has 2 amide bonds. The molecule has 0 aliphatic rings. The lowest BCUT2D eigenvalue weighted by atomic mass is 10.1. The summed E-state index contributed by atoms with van der Waals surface area (Å²) in [6.45, 7) is 4.20. The van der Waals surface area contributed by atoms with Gasteiger partial charge in [-0.2, -0.15) is 13.2 Å². The van der Waals surface area contributed by atoms with Crippen LogP contribution in [0.1, 0.15) is 57.1 Å². The SMILES string of the molecule is CCCCNC(=O)[C@@H](CC)N(Cc1cccc(OC)c1)C(=O)CCCN(c1cccc(C(F)(F)F)c1)S(C)(=O)=O. The van der Waals surface area contributed by atoms with E-state index in [1.807, 2.05) is 13.0 Å². The number of ether oxygens (including phenoxy) is 1. The van der Waals surface area contributed by atoms with Crippen LogP contribution in [0, 0.1) is 0 Å². The van der Waals surface area contributed by atoms with E-state index in [9.17, 15) is 31.2 Å². The molecule has 2 rings (SSSR count). The third-order valence-electron chi connectivity index (χ3n) is 6.32. The monoisotopic (exact) mass is 585 g/mol. The number of carbonyl (C=O) groups is 2. The van der Waals surface area contributed by atoms with Crippen molar-refractivity contribution in [1.29, 1.82) is 0 Å². The van der Waals surface area contributed by atoms with Crippen molar-refractivity contribution in [2.75, 3.05) is 30.8 Å². The van der Waals surface area contributed by atoms with Crippen molar-refractivity contribution in [2.24, 2.45) is 0 Å². The standard InChI is InChI=1S/C28H38F3N3O5S/c1-5-7-16-32-27(36)25(6-2)33(20-21-11-8-14-24(18-21)39-3)26(35)15-10-17-34(40(4,37)38)23-13-9-12-22(19-23)28(29,30)31/h8-9,11-14,18-19,25H,5-7,10,15-17,20H2,1-4H3,(H,32,36)/t25-/m1/s1. The lowest BCUT2D eigenvalue weighted by Crippen LogP contribution is -2.49. The third kappa shape index (κ3) is 9.72. The molecule has 40 heavy (non-hydrogen) atoms. The largest absolute Gasteiger partial charge is 0.497 e. The van der Waals surface area contributed by atoms with E-state index >= 15 is 0 Å². The molecule has 0 aromatic heterocycles. The van der Waals surface area contributed by atoms with Crippen LogP contribution >= 0.6 is 0 Å². The van der Waals surface area contributed by atoms with E-state index in [0.717, 1.165) is 47.2 Å². The zero-order valence-electron chi connectivity index (χ0n) is 23.3. The highest BCUT2D eigenvalue weighted by Crippen LogP contribution is 2.32. The Bertz CT molecular complexity index is 1240. The molecule has 2 aromatic rings. The fourth-order valence-electron chi connectivity index (χ4n) is 4.23. The summed E-state index contributed by atoms with van der Waals surface area (Å²) in [4.78, 5) is 28.0. The summed E-state index contributed by atoms with van der Waals surface area (Å²) in [6, 6.07) is 10.4. The minimum absolute atomic E-state index is 0.0324. The van der Waals surface area contributed by atoms with Crippen LogP contribution < -0.4 is 14.4 Å². The van der Waals surface area contributed by atoms with Crippen LogP contribution in [0.3, 0.4) is 0 Å². The molecule has 12 heteroatoms. The number of alkyl halides is 3. The number of rotatable bonds is 15. The number of anilines is 1. The van der Waals surface area contributed by atoms with E-state index in [1.165, 1.54) is 18.1 Å². The first kappa shape index (κ1) is 32.9. The van der Waals surface area contributed by atoms with Gasteiger partial charge in [0.2, 0.25) is 21.8 Å². The average Bonchev–Trinajstić information content (AvgIpc) is 2.90. The first-order valence-electron chi connectivity index (χ1n) is 13.2. The number of hydrogen-bond acceptors (Lipinski definition) is 5. The molecule has 8 nitrogen and oxygen atoms in total. The normalized spacial score (nSPS) is 12.5. The minimum atomic E-state index is -4.64. The van der Waals surface area contributed by atoms with Crippen LogP contribution in [0.15, 0.2) is 48.5 Å². The van der Waals surface area contributed by atoms with Gasteiger partial charge in [0.25, 0.3) is 0 Å². The van der Waals surface area contributed by atoms with E-state index in [-0.39, 0.29) is 43.4 Å². The predicted octanol–water partition coefficient (Wildman–Crippen LogP) is 4.98. The van der Waals surface area contributed by atoms with E-state index in [1.54, 1.807) is 25.1 Å². The molecule has 0 bridgehead atoms. The third-order valence-corrected chi connectivity index (χ3v) is 7.51. The maximum absolute atomic E-state index is 13.5. The second-order valence-corrected chi connectivity index (χ2v) is 11.3. The summed E-state index contributed by atoms with van der Waals surface area (Å²) >= 11 is 0. The van der Waals surface area contributed by atoms with E-state index < -0.39 is 27.8 Å². The Morgan fingerprint density at radius 3 is 2.35 bits per heavy atom. The highest BCUT2D eigenvalue weighted by Gasteiger charge is 2.32. The summed E-state index contributed by atoms with van der Waals surface area (Å²) in [5, 5.41) is 2.87. The minimum Gasteiger partial charge on any atom is -0.497 e. The molecule has 1 atom stereocenters. The van der Waals surface area contributed by atoms with Crippen LogP contribution in [0.25, 0.3) is 0 Å². The van der Waals surface area contributed by atoms with Crippen molar-refractivity contribution in [3.8, 4) is 5.75 Å². The molecule has 0 aliphatic carbocycles. The second-order valence-electron chi connectivity index (χ2n) is 9.43. The topological polar surface area (TPSA) is 96.0 Å². The number of hydrogen-bond donors (Lipinski definition) is 1. The van der Waals surface area contributed by atoms with Crippen molar-refractivity contribution in [3.05, 3.63) is 59.7 Å². The summed E-state index contributed by atoms with van der Waals surface area (Å²) in [6.07, 6.45) is -1.78. The van der Waals surface area contributed by atoms with Crippen molar-refractivity contribution in [2.45, 2.75) is 64.7 Å². The number of methoxy groups -OCH3 is 1. The number of carbonyl (C=O) groups excluding carboxylic acids is 2. The number of unbranched alkanes of at least 4 members (excludes halogenated alkanes) is 1. The number of halogens is 3. The molecule has 1 N–H and O–H groups in total. The molecule has 0 saturated carbocycles. The summed E-state index contributed by atoms with van der Waals surface area (Å²) < 4.78 is 70.7. The van der Waals surface area contributed by atoms with Gasteiger partial charge in [-0.15, -0.1) is 0 Å². The zero-order valence-corrected chi connectivity index (χ0v) is 24.1. The molecule has 0 fully saturated rings. The molecular weight excluding hydrogens is 547 g/mol. The van der Waals surface area contributed by atoms with Gasteiger partial charge in [-0.1, -0.05) is 38.5 Å². The average molecular weight is 586 g/mol.